The topological polar surface area (TPSA) is 83.6 Å². The summed E-state index contributed by atoms with van der Waals surface area (Å²) >= 11 is 0. The summed E-state index contributed by atoms with van der Waals surface area (Å²) in [6, 6.07) is 0. The molecule has 0 bridgehead atoms. The van der Waals surface area contributed by atoms with Crippen LogP contribution in [0.3, 0.4) is 0 Å². The minimum atomic E-state index is -3.28. The molecule has 0 amide bonds. The van der Waals surface area contributed by atoms with Crippen molar-refractivity contribution in [2.75, 3.05) is 19.6 Å². The second-order valence-electron chi connectivity index (χ2n) is 4.71. The molecule has 1 saturated heterocycles. The van der Waals surface area contributed by atoms with Gasteiger partial charge in [-0.3, -0.25) is 0 Å². The maximum atomic E-state index is 12.1. The summed E-state index contributed by atoms with van der Waals surface area (Å²) in [5, 5.41) is 9.27. The number of aliphatic hydroxyl groups is 1. The Kier molecular flexibility index (Phi) is 4.34. The fraction of sp³-hybridized carbons (Fsp3) is 1.00. The van der Waals surface area contributed by atoms with E-state index in [2.05, 4.69) is 0 Å². The van der Waals surface area contributed by atoms with E-state index >= 15 is 0 Å². The predicted molar refractivity (Wildman–Crippen MR) is 63.5 cm³/mol. The van der Waals surface area contributed by atoms with Gasteiger partial charge in [0.15, 0.2) is 0 Å². The van der Waals surface area contributed by atoms with Crippen LogP contribution >= 0.6 is 0 Å². The first kappa shape index (κ1) is 13.9. The molecule has 6 heteroatoms. The van der Waals surface area contributed by atoms with Crippen LogP contribution in [0, 0.1) is 0 Å². The molecule has 1 aliphatic heterocycles. The van der Waals surface area contributed by atoms with Gasteiger partial charge in [0, 0.05) is 19.6 Å². The highest BCUT2D eigenvalue weighted by Gasteiger charge is 2.36. The normalized spacial score (nSPS) is 24.2. The lowest BCUT2D eigenvalue weighted by molar-refractivity contribution is 0.0124. The molecular formula is C10H22N2O3S. The molecule has 0 radical (unpaired) electrons. The van der Waals surface area contributed by atoms with Gasteiger partial charge in [0.2, 0.25) is 10.0 Å². The molecular weight excluding hydrogens is 228 g/mol. The van der Waals surface area contributed by atoms with Crippen LogP contribution in [0.15, 0.2) is 0 Å². The van der Waals surface area contributed by atoms with Gasteiger partial charge in [0.05, 0.1) is 10.9 Å². The summed E-state index contributed by atoms with van der Waals surface area (Å²) in [6.45, 7) is 4.52. The molecule has 1 rings (SSSR count). The average Bonchev–Trinajstić information content (AvgIpc) is 2.18. The maximum absolute atomic E-state index is 12.1. The Morgan fingerprint density at radius 2 is 1.94 bits per heavy atom. The highest BCUT2D eigenvalue weighted by Crippen LogP contribution is 2.24. The van der Waals surface area contributed by atoms with E-state index in [9.17, 15) is 13.5 Å². The summed E-state index contributed by atoms with van der Waals surface area (Å²) in [7, 11) is -3.28. The zero-order valence-corrected chi connectivity index (χ0v) is 10.8. The Balaban J connectivity index is 2.72. The van der Waals surface area contributed by atoms with Gasteiger partial charge in [0.25, 0.3) is 0 Å². The van der Waals surface area contributed by atoms with E-state index in [1.807, 2.05) is 6.92 Å². The first-order chi connectivity index (χ1) is 7.33. The van der Waals surface area contributed by atoms with Crippen molar-refractivity contribution in [1.82, 2.24) is 4.31 Å². The standard InChI is InChI=1S/C10H22N2O3S/c1-3-9(8-11)16(14,15)12-6-4-10(2,13)5-7-12/h9,13H,3-8,11H2,1-2H3. The monoisotopic (exact) mass is 250 g/mol. The van der Waals surface area contributed by atoms with Crippen LogP contribution in [-0.4, -0.2) is 48.3 Å². The SMILES string of the molecule is CCC(CN)S(=O)(=O)N1CCC(C)(O)CC1. The minimum Gasteiger partial charge on any atom is -0.390 e. The van der Waals surface area contributed by atoms with E-state index in [-0.39, 0.29) is 6.54 Å². The fourth-order valence-corrected chi connectivity index (χ4v) is 3.71. The summed E-state index contributed by atoms with van der Waals surface area (Å²) in [4.78, 5) is 0. The van der Waals surface area contributed by atoms with Crippen LogP contribution in [0.1, 0.15) is 33.1 Å². The Labute approximate surface area is 97.7 Å². The van der Waals surface area contributed by atoms with Gasteiger partial charge < -0.3 is 10.8 Å². The van der Waals surface area contributed by atoms with Crippen molar-refractivity contribution < 1.29 is 13.5 Å². The van der Waals surface area contributed by atoms with E-state index in [1.165, 1.54) is 4.31 Å². The fourth-order valence-electron chi connectivity index (χ4n) is 1.93. The molecule has 1 atom stereocenters. The molecule has 96 valence electrons. The highest BCUT2D eigenvalue weighted by molar-refractivity contribution is 7.89. The average molecular weight is 250 g/mol. The van der Waals surface area contributed by atoms with Gasteiger partial charge in [0.1, 0.15) is 0 Å². The zero-order chi connectivity index (χ0) is 12.4. The largest absolute Gasteiger partial charge is 0.390 e. The molecule has 0 aromatic rings. The molecule has 3 N–H and O–H groups in total. The lowest BCUT2D eigenvalue weighted by Gasteiger charge is -2.36. The molecule has 1 heterocycles. The van der Waals surface area contributed by atoms with Crippen LogP contribution in [-0.2, 0) is 10.0 Å². The van der Waals surface area contributed by atoms with E-state index in [4.69, 9.17) is 5.73 Å². The Morgan fingerprint density at radius 3 is 2.31 bits per heavy atom. The number of nitrogens with two attached hydrogens (primary N) is 1. The number of sulfonamides is 1. The zero-order valence-electron chi connectivity index (χ0n) is 10.0. The maximum Gasteiger partial charge on any atom is 0.218 e. The van der Waals surface area contributed by atoms with Crippen LogP contribution in [0.25, 0.3) is 0 Å². The number of hydrogen-bond acceptors (Lipinski definition) is 4. The third kappa shape index (κ3) is 2.94. The van der Waals surface area contributed by atoms with Crippen molar-refractivity contribution in [1.29, 1.82) is 0 Å². The van der Waals surface area contributed by atoms with Gasteiger partial charge in [-0.05, 0) is 26.2 Å². The van der Waals surface area contributed by atoms with Crippen molar-refractivity contribution in [2.24, 2.45) is 5.73 Å². The summed E-state index contributed by atoms with van der Waals surface area (Å²) in [5.41, 5.74) is 4.75. The molecule has 16 heavy (non-hydrogen) atoms. The third-order valence-corrected chi connectivity index (χ3v) is 5.75. The number of hydrogen-bond donors (Lipinski definition) is 2. The van der Waals surface area contributed by atoms with Gasteiger partial charge >= 0.3 is 0 Å². The summed E-state index contributed by atoms with van der Waals surface area (Å²) in [5.74, 6) is 0. The number of piperidine rings is 1. The molecule has 0 saturated carbocycles. The molecule has 1 fully saturated rings. The van der Waals surface area contributed by atoms with E-state index in [0.29, 0.717) is 32.4 Å². The van der Waals surface area contributed by atoms with E-state index in [0.717, 1.165) is 0 Å². The Morgan fingerprint density at radius 1 is 1.44 bits per heavy atom. The molecule has 1 unspecified atom stereocenters. The molecule has 0 spiro atoms. The van der Waals surface area contributed by atoms with Crippen molar-refractivity contribution in [2.45, 2.75) is 44.0 Å². The summed E-state index contributed by atoms with van der Waals surface area (Å²) in [6.07, 6.45) is 1.52. The lowest BCUT2D eigenvalue weighted by Crippen LogP contribution is -2.49. The molecule has 0 aromatic heterocycles. The van der Waals surface area contributed by atoms with Crippen molar-refractivity contribution >= 4 is 10.0 Å². The lowest BCUT2D eigenvalue weighted by atomic mass is 9.95. The number of nitrogens with zero attached hydrogens (tertiary/aromatic N) is 1. The van der Waals surface area contributed by atoms with E-state index in [1.54, 1.807) is 6.92 Å². The van der Waals surface area contributed by atoms with Crippen molar-refractivity contribution in [3.05, 3.63) is 0 Å². The van der Waals surface area contributed by atoms with Crippen LogP contribution in [0.4, 0.5) is 0 Å². The van der Waals surface area contributed by atoms with Crippen LogP contribution < -0.4 is 5.73 Å². The molecule has 0 aliphatic carbocycles. The number of rotatable bonds is 4. The van der Waals surface area contributed by atoms with E-state index < -0.39 is 20.9 Å². The predicted octanol–water partition coefficient (Wildman–Crippen LogP) is -0.0997. The van der Waals surface area contributed by atoms with Gasteiger partial charge in [-0.15, -0.1) is 0 Å². The first-order valence-electron chi connectivity index (χ1n) is 5.75. The van der Waals surface area contributed by atoms with Crippen LogP contribution in [0.2, 0.25) is 0 Å². The first-order valence-corrected chi connectivity index (χ1v) is 7.25. The van der Waals surface area contributed by atoms with Crippen LogP contribution in [0.5, 0.6) is 0 Å². The van der Waals surface area contributed by atoms with Crippen molar-refractivity contribution in [3.63, 3.8) is 0 Å². The van der Waals surface area contributed by atoms with Crippen molar-refractivity contribution in [3.8, 4) is 0 Å². The summed E-state index contributed by atoms with van der Waals surface area (Å²) < 4.78 is 25.7. The molecule has 1 aliphatic rings. The van der Waals surface area contributed by atoms with Gasteiger partial charge in [-0.1, -0.05) is 6.92 Å². The Bertz CT molecular complexity index is 313. The minimum absolute atomic E-state index is 0.158. The second kappa shape index (κ2) is 5.00. The highest BCUT2D eigenvalue weighted by atomic mass is 32.2. The quantitative estimate of drug-likeness (QED) is 0.730. The second-order valence-corrected chi connectivity index (χ2v) is 6.92. The van der Waals surface area contributed by atoms with Gasteiger partial charge in [-0.25, -0.2) is 12.7 Å². The molecule has 5 nitrogen and oxygen atoms in total. The van der Waals surface area contributed by atoms with Gasteiger partial charge in [-0.2, -0.15) is 0 Å². The third-order valence-electron chi connectivity index (χ3n) is 3.30. The Hall–Kier alpha value is -0.170. The smallest absolute Gasteiger partial charge is 0.218 e. The molecule has 0 aromatic carbocycles.